The number of phenols is 1. The molecule has 0 aromatic heterocycles. The number of ether oxygens (including phenoxy) is 1. The fourth-order valence-corrected chi connectivity index (χ4v) is 1.85. The third kappa shape index (κ3) is 3.32. The number of hydrogen-bond acceptors (Lipinski definition) is 6. The number of hydrazone groups is 1. The van der Waals surface area contributed by atoms with Gasteiger partial charge in [-0.15, -0.1) is 0 Å². The van der Waals surface area contributed by atoms with Crippen LogP contribution in [0.4, 0.5) is 11.4 Å². The molecule has 0 saturated carbocycles. The summed E-state index contributed by atoms with van der Waals surface area (Å²) in [6.45, 7) is 0. The molecule has 0 radical (unpaired) electrons. The molecule has 0 heterocycles. The van der Waals surface area contributed by atoms with Crippen LogP contribution in [-0.4, -0.2) is 30.4 Å². The Morgan fingerprint density at radius 2 is 2.00 bits per heavy atom. The molecular weight excluding hydrogens is 286 g/mol. The molecule has 1 N–H and O–H groups in total. The quantitative estimate of drug-likeness (QED) is 0.521. The van der Waals surface area contributed by atoms with Crippen LogP contribution in [0.1, 0.15) is 5.56 Å². The number of methoxy groups -OCH3 is 1. The normalized spacial score (nSPS) is 10.6. The summed E-state index contributed by atoms with van der Waals surface area (Å²) in [6.07, 6.45) is 1.46. The van der Waals surface area contributed by atoms with Crippen molar-refractivity contribution < 1.29 is 14.8 Å². The summed E-state index contributed by atoms with van der Waals surface area (Å²) in [5.74, 6) is -0.473. The number of anilines is 1. The van der Waals surface area contributed by atoms with Crippen LogP contribution in [0.2, 0.25) is 0 Å². The minimum Gasteiger partial charge on any atom is -0.500 e. The largest absolute Gasteiger partial charge is 0.500 e. The van der Waals surface area contributed by atoms with E-state index in [0.717, 1.165) is 5.69 Å². The van der Waals surface area contributed by atoms with Crippen molar-refractivity contribution in [2.75, 3.05) is 19.2 Å². The number of rotatable bonds is 5. The van der Waals surface area contributed by atoms with E-state index in [1.54, 1.807) is 12.1 Å². The van der Waals surface area contributed by atoms with Crippen molar-refractivity contribution in [2.24, 2.45) is 5.10 Å². The van der Waals surface area contributed by atoms with Crippen molar-refractivity contribution in [3.63, 3.8) is 0 Å². The summed E-state index contributed by atoms with van der Waals surface area (Å²) in [6, 6.07) is 12.2. The van der Waals surface area contributed by atoms with Gasteiger partial charge in [-0.25, -0.2) is 0 Å². The third-order valence-corrected chi connectivity index (χ3v) is 3.00. The van der Waals surface area contributed by atoms with Crippen molar-refractivity contribution in [3.05, 3.63) is 58.1 Å². The summed E-state index contributed by atoms with van der Waals surface area (Å²) in [7, 11) is 3.09. The molecule has 7 nitrogen and oxygen atoms in total. The lowest BCUT2D eigenvalue weighted by atomic mass is 10.2. The Bertz CT molecular complexity index is 701. The predicted octanol–water partition coefficient (Wildman–Crippen LogP) is 2.78. The van der Waals surface area contributed by atoms with Gasteiger partial charge in [0.25, 0.3) is 0 Å². The van der Waals surface area contributed by atoms with Gasteiger partial charge >= 0.3 is 5.69 Å². The second-order valence-corrected chi connectivity index (χ2v) is 4.45. The number of benzene rings is 2. The molecule has 0 fully saturated rings. The maximum absolute atomic E-state index is 10.9. The number of nitro benzene ring substituents is 1. The van der Waals surface area contributed by atoms with E-state index >= 15 is 0 Å². The van der Waals surface area contributed by atoms with Gasteiger partial charge in [0.2, 0.25) is 5.75 Å². The van der Waals surface area contributed by atoms with E-state index in [1.165, 1.54) is 25.5 Å². The first-order valence-corrected chi connectivity index (χ1v) is 6.41. The van der Waals surface area contributed by atoms with Gasteiger partial charge in [0, 0.05) is 18.7 Å². The van der Waals surface area contributed by atoms with Gasteiger partial charge in [0.05, 0.1) is 23.9 Å². The molecule has 2 rings (SSSR count). The summed E-state index contributed by atoms with van der Waals surface area (Å²) < 4.78 is 4.94. The van der Waals surface area contributed by atoms with E-state index in [1.807, 2.05) is 30.3 Å². The van der Waals surface area contributed by atoms with E-state index in [4.69, 9.17) is 4.74 Å². The molecule has 0 atom stereocenters. The van der Waals surface area contributed by atoms with Crippen molar-refractivity contribution in [3.8, 4) is 11.5 Å². The molecule has 0 aliphatic heterocycles. The van der Waals surface area contributed by atoms with Gasteiger partial charge in [0.15, 0.2) is 5.75 Å². The Morgan fingerprint density at radius 3 is 2.59 bits per heavy atom. The highest BCUT2D eigenvalue weighted by atomic mass is 16.6. The molecule has 2 aromatic carbocycles. The topological polar surface area (TPSA) is 88.2 Å². The summed E-state index contributed by atoms with van der Waals surface area (Å²) in [4.78, 5) is 10.3. The number of phenolic OH excluding ortho intramolecular Hbond substituents is 1. The first-order chi connectivity index (χ1) is 10.5. The summed E-state index contributed by atoms with van der Waals surface area (Å²) in [5.41, 5.74) is 0.895. The number of nitrogens with zero attached hydrogens (tertiary/aromatic N) is 3. The van der Waals surface area contributed by atoms with Crippen LogP contribution in [0.15, 0.2) is 47.6 Å². The maximum Gasteiger partial charge on any atom is 0.315 e. The van der Waals surface area contributed by atoms with E-state index in [9.17, 15) is 15.2 Å². The van der Waals surface area contributed by atoms with Crippen molar-refractivity contribution in [2.45, 2.75) is 0 Å². The Balaban J connectivity index is 2.31. The fraction of sp³-hybridized carbons (Fsp3) is 0.133. The highest BCUT2D eigenvalue weighted by Crippen LogP contribution is 2.36. The minimum atomic E-state index is -0.671. The first kappa shape index (κ1) is 15.3. The summed E-state index contributed by atoms with van der Waals surface area (Å²) in [5, 5.41) is 26.5. The molecule has 22 heavy (non-hydrogen) atoms. The van der Waals surface area contributed by atoms with Gasteiger partial charge in [-0.2, -0.15) is 5.10 Å². The average molecular weight is 301 g/mol. The molecular formula is C15H15N3O4. The first-order valence-electron chi connectivity index (χ1n) is 6.41. The van der Waals surface area contributed by atoms with Gasteiger partial charge in [0.1, 0.15) is 0 Å². The lowest BCUT2D eigenvalue weighted by molar-refractivity contribution is -0.386. The molecule has 114 valence electrons. The van der Waals surface area contributed by atoms with Gasteiger partial charge in [-0.3, -0.25) is 15.1 Å². The maximum atomic E-state index is 10.9. The molecule has 0 spiro atoms. The van der Waals surface area contributed by atoms with Crippen molar-refractivity contribution in [1.82, 2.24) is 0 Å². The van der Waals surface area contributed by atoms with E-state index < -0.39 is 16.4 Å². The Kier molecular flexibility index (Phi) is 4.57. The second-order valence-electron chi connectivity index (χ2n) is 4.45. The molecule has 0 saturated heterocycles. The molecule has 0 unspecified atom stereocenters. The van der Waals surface area contributed by atoms with Crippen molar-refractivity contribution >= 4 is 17.6 Å². The lowest BCUT2D eigenvalue weighted by Gasteiger charge is -2.12. The van der Waals surface area contributed by atoms with E-state index in [0.29, 0.717) is 5.56 Å². The van der Waals surface area contributed by atoms with Gasteiger partial charge < -0.3 is 9.84 Å². The van der Waals surface area contributed by atoms with Crippen LogP contribution in [0.3, 0.4) is 0 Å². The third-order valence-electron chi connectivity index (χ3n) is 3.00. The SMILES string of the molecule is COc1cc(/C=N/N(C)c2ccccc2)cc([N+](=O)[O-])c1O. The van der Waals surface area contributed by atoms with Crippen LogP contribution in [-0.2, 0) is 0 Å². The molecule has 7 heteroatoms. The second kappa shape index (κ2) is 6.57. The zero-order chi connectivity index (χ0) is 16.1. The number of hydrogen-bond donors (Lipinski definition) is 1. The highest BCUT2D eigenvalue weighted by Gasteiger charge is 2.19. The van der Waals surface area contributed by atoms with Crippen LogP contribution in [0, 0.1) is 10.1 Å². The zero-order valence-corrected chi connectivity index (χ0v) is 12.1. The van der Waals surface area contributed by atoms with Crippen molar-refractivity contribution in [1.29, 1.82) is 0 Å². The smallest absolute Gasteiger partial charge is 0.315 e. The fourth-order valence-electron chi connectivity index (χ4n) is 1.85. The Morgan fingerprint density at radius 1 is 1.32 bits per heavy atom. The Hall–Kier alpha value is -3.09. The number of aromatic hydroxyl groups is 1. The number of para-hydroxylation sites is 1. The van der Waals surface area contributed by atoms with Crippen LogP contribution in [0.25, 0.3) is 0 Å². The number of nitro groups is 1. The van der Waals surface area contributed by atoms with E-state index in [2.05, 4.69) is 5.10 Å². The molecule has 0 aliphatic rings. The molecule has 0 bridgehead atoms. The average Bonchev–Trinajstić information content (AvgIpc) is 2.54. The van der Waals surface area contributed by atoms with Crippen LogP contribution in [0.5, 0.6) is 11.5 Å². The predicted molar refractivity (Wildman–Crippen MR) is 83.8 cm³/mol. The van der Waals surface area contributed by atoms with Gasteiger partial charge in [-0.05, 0) is 18.2 Å². The van der Waals surface area contributed by atoms with Gasteiger partial charge in [-0.1, -0.05) is 18.2 Å². The monoisotopic (exact) mass is 301 g/mol. The molecule has 2 aromatic rings. The Labute approximate surface area is 127 Å². The highest BCUT2D eigenvalue weighted by molar-refractivity contribution is 5.83. The summed E-state index contributed by atoms with van der Waals surface area (Å²) >= 11 is 0. The van der Waals surface area contributed by atoms with Crippen LogP contribution >= 0.6 is 0 Å². The minimum absolute atomic E-state index is 0.0259. The zero-order valence-electron chi connectivity index (χ0n) is 12.1. The lowest BCUT2D eigenvalue weighted by Crippen LogP contribution is -2.08. The molecule has 0 amide bonds. The van der Waals surface area contributed by atoms with E-state index in [-0.39, 0.29) is 5.75 Å². The standard InChI is InChI=1S/C15H15N3O4/c1-17(12-6-4-3-5-7-12)16-10-11-8-13(18(20)21)15(19)14(9-11)22-2/h3-10,19H,1-2H3/b16-10+. The van der Waals surface area contributed by atoms with Crippen LogP contribution < -0.4 is 9.75 Å². The molecule has 0 aliphatic carbocycles.